The van der Waals surface area contributed by atoms with Crippen molar-refractivity contribution in [3.05, 3.63) is 114 Å². The molecule has 0 N–H and O–H groups in total. The van der Waals surface area contributed by atoms with E-state index in [9.17, 15) is 9.59 Å². The number of allylic oxidation sites excluding steroid dienone is 1. The monoisotopic (exact) mass is 488 g/mol. The van der Waals surface area contributed by atoms with Gasteiger partial charge in [0.2, 0.25) is 0 Å². The fraction of sp³-hybridized carbons (Fsp3) is 0.148. The number of esters is 1. The molecule has 5 rings (SSSR count). The first-order chi connectivity index (χ1) is 16.5. The molecule has 0 unspecified atom stereocenters. The molecule has 0 saturated carbocycles. The molecule has 34 heavy (non-hydrogen) atoms. The molecule has 1 aliphatic heterocycles. The van der Waals surface area contributed by atoms with Crippen LogP contribution in [-0.4, -0.2) is 17.1 Å². The molecule has 3 aromatic carbocycles. The summed E-state index contributed by atoms with van der Waals surface area (Å²) in [5, 5.41) is 2.59. The maximum atomic E-state index is 13.7. The largest absolute Gasteiger partial charge is 0.463 e. The lowest BCUT2D eigenvalue weighted by Crippen LogP contribution is -2.40. The minimum atomic E-state index is -0.650. The topological polar surface area (TPSA) is 60.7 Å². The van der Waals surface area contributed by atoms with Crippen LogP contribution in [-0.2, 0) is 9.53 Å². The van der Waals surface area contributed by atoms with E-state index in [1.165, 1.54) is 11.3 Å². The number of hydrogen-bond donors (Lipinski definition) is 0. The first kappa shape index (κ1) is 22.3. The van der Waals surface area contributed by atoms with Crippen LogP contribution in [0, 0.1) is 0 Å². The molecule has 0 spiro atoms. The van der Waals surface area contributed by atoms with Crippen molar-refractivity contribution in [1.29, 1.82) is 0 Å². The predicted molar refractivity (Wildman–Crippen MR) is 136 cm³/mol. The van der Waals surface area contributed by atoms with Crippen LogP contribution in [0.2, 0.25) is 5.02 Å². The van der Waals surface area contributed by atoms with Gasteiger partial charge in [-0.25, -0.2) is 9.79 Å². The average molecular weight is 489 g/mol. The van der Waals surface area contributed by atoms with Crippen molar-refractivity contribution in [1.82, 2.24) is 4.57 Å². The Morgan fingerprint density at radius 2 is 1.91 bits per heavy atom. The second-order valence-corrected chi connectivity index (χ2v) is 9.37. The molecule has 7 heteroatoms. The summed E-state index contributed by atoms with van der Waals surface area (Å²) in [6.07, 6.45) is 1.80. The van der Waals surface area contributed by atoms with Crippen molar-refractivity contribution in [3.8, 4) is 0 Å². The third-order valence-electron chi connectivity index (χ3n) is 5.78. The van der Waals surface area contributed by atoms with Gasteiger partial charge >= 0.3 is 5.97 Å². The molecular weight excluding hydrogens is 468 g/mol. The first-order valence-electron chi connectivity index (χ1n) is 10.9. The van der Waals surface area contributed by atoms with Crippen LogP contribution in [0.4, 0.5) is 0 Å². The Hall–Kier alpha value is -3.48. The fourth-order valence-corrected chi connectivity index (χ4v) is 5.57. The normalized spacial score (nSPS) is 15.9. The maximum absolute atomic E-state index is 13.7. The lowest BCUT2D eigenvalue weighted by atomic mass is 9.91. The lowest BCUT2D eigenvalue weighted by Gasteiger charge is -2.25. The number of thiazole rings is 1. The Labute approximate surface area is 204 Å². The quantitative estimate of drug-likeness (QED) is 0.394. The number of hydrogen-bond acceptors (Lipinski definition) is 5. The number of nitrogens with zero attached hydrogens (tertiary/aromatic N) is 2. The summed E-state index contributed by atoms with van der Waals surface area (Å²) in [6.45, 7) is 3.79. The third kappa shape index (κ3) is 3.89. The molecule has 0 bridgehead atoms. The Balaban J connectivity index is 1.81. The number of aromatic nitrogens is 1. The summed E-state index contributed by atoms with van der Waals surface area (Å²) in [6, 6.07) is 20.5. The molecule has 170 valence electrons. The Bertz CT molecular complexity index is 1640. The van der Waals surface area contributed by atoms with Crippen molar-refractivity contribution >= 4 is 45.8 Å². The molecule has 0 fully saturated rings. The zero-order chi connectivity index (χ0) is 23.8. The van der Waals surface area contributed by atoms with Gasteiger partial charge in [-0.15, -0.1) is 0 Å². The second kappa shape index (κ2) is 9.05. The molecule has 1 aromatic heterocycles. The summed E-state index contributed by atoms with van der Waals surface area (Å²) >= 11 is 7.43. The van der Waals surface area contributed by atoms with Gasteiger partial charge in [0, 0.05) is 5.02 Å². The van der Waals surface area contributed by atoms with Crippen LogP contribution >= 0.6 is 22.9 Å². The summed E-state index contributed by atoms with van der Waals surface area (Å²) < 4.78 is 7.53. The van der Waals surface area contributed by atoms with Gasteiger partial charge in [0.25, 0.3) is 5.56 Å². The Kier molecular flexibility index (Phi) is 5.94. The van der Waals surface area contributed by atoms with E-state index in [1.807, 2.05) is 54.6 Å². The average Bonchev–Trinajstić information content (AvgIpc) is 3.12. The molecule has 0 amide bonds. The van der Waals surface area contributed by atoms with Gasteiger partial charge in [-0.3, -0.25) is 9.36 Å². The van der Waals surface area contributed by atoms with Gasteiger partial charge in [-0.05, 0) is 54.0 Å². The van der Waals surface area contributed by atoms with Crippen molar-refractivity contribution in [2.45, 2.75) is 19.9 Å². The number of carbonyl (C=O) groups is 1. The van der Waals surface area contributed by atoms with Crippen molar-refractivity contribution in [2.75, 3.05) is 6.61 Å². The maximum Gasteiger partial charge on any atom is 0.338 e. The summed E-state index contributed by atoms with van der Waals surface area (Å²) in [7, 11) is 0. The number of rotatable bonds is 4. The summed E-state index contributed by atoms with van der Waals surface area (Å²) in [5.41, 5.74) is 2.38. The molecule has 0 aliphatic carbocycles. The van der Waals surface area contributed by atoms with Crippen LogP contribution in [0.5, 0.6) is 0 Å². The van der Waals surface area contributed by atoms with E-state index in [2.05, 4.69) is 4.99 Å². The highest BCUT2D eigenvalue weighted by Gasteiger charge is 2.34. The van der Waals surface area contributed by atoms with Crippen molar-refractivity contribution in [2.24, 2.45) is 4.99 Å². The fourth-order valence-electron chi connectivity index (χ4n) is 4.32. The van der Waals surface area contributed by atoms with Gasteiger partial charge in [0.05, 0.1) is 28.5 Å². The standard InChI is InChI=1S/C27H21ClN2O3S/c1-3-33-26(32)23-16(2)29-27-30(24(23)21-13-7-10-18-9-4-5-12-20(18)21)25(31)22(34-27)15-17-8-6-11-19(28)14-17/h4-15,24H,3H2,1-2H3/b22-15+/t24-/m1/s1. The molecule has 1 aliphatic rings. The van der Waals surface area contributed by atoms with Crippen LogP contribution in [0.25, 0.3) is 16.8 Å². The SMILES string of the molecule is CCOC(=O)C1=C(C)N=c2s/c(=C/c3cccc(Cl)c3)c(=O)n2[C@@H]1c1cccc2ccccc12. The summed E-state index contributed by atoms with van der Waals surface area (Å²) in [4.78, 5) is 32.0. The van der Waals surface area contributed by atoms with Crippen molar-refractivity contribution in [3.63, 3.8) is 0 Å². The van der Waals surface area contributed by atoms with E-state index in [4.69, 9.17) is 16.3 Å². The molecule has 4 aromatic rings. The van der Waals surface area contributed by atoms with Crippen LogP contribution < -0.4 is 14.9 Å². The van der Waals surface area contributed by atoms with E-state index in [0.29, 0.717) is 25.6 Å². The Morgan fingerprint density at radius 3 is 2.71 bits per heavy atom. The van der Waals surface area contributed by atoms with E-state index in [1.54, 1.807) is 36.6 Å². The first-order valence-corrected chi connectivity index (χ1v) is 12.1. The zero-order valence-corrected chi connectivity index (χ0v) is 20.2. The zero-order valence-electron chi connectivity index (χ0n) is 18.6. The minimum Gasteiger partial charge on any atom is -0.463 e. The van der Waals surface area contributed by atoms with E-state index in [0.717, 1.165) is 21.9 Å². The van der Waals surface area contributed by atoms with Crippen LogP contribution in [0.1, 0.15) is 31.0 Å². The molecule has 1 atom stereocenters. The van der Waals surface area contributed by atoms with Crippen LogP contribution in [0.3, 0.4) is 0 Å². The number of carbonyl (C=O) groups excluding carboxylic acids is 1. The molecular formula is C27H21ClN2O3S. The molecule has 2 heterocycles. The Morgan fingerprint density at radius 1 is 1.15 bits per heavy atom. The number of benzene rings is 3. The molecule has 5 nitrogen and oxygen atoms in total. The van der Waals surface area contributed by atoms with Crippen LogP contribution in [0.15, 0.2) is 87.8 Å². The molecule has 0 radical (unpaired) electrons. The van der Waals surface area contributed by atoms with E-state index >= 15 is 0 Å². The van der Waals surface area contributed by atoms with Gasteiger partial charge < -0.3 is 4.74 Å². The minimum absolute atomic E-state index is 0.212. The number of fused-ring (bicyclic) bond motifs is 2. The summed E-state index contributed by atoms with van der Waals surface area (Å²) in [5.74, 6) is -0.467. The predicted octanol–water partition coefficient (Wildman–Crippen LogP) is 4.60. The highest BCUT2D eigenvalue weighted by molar-refractivity contribution is 7.07. The molecule has 0 saturated heterocycles. The second-order valence-electron chi connectivity index (χ2n) is 7.93. The van der Waals surface area contributed by atoms with Gasteiger partial charge in [-0.2, -0.15) is 0 Å². The van der Waals surface area contributed by atoms with Gasteiger partial charge in [0.1, 0.15) is 0 Å². The van der Waals surface area contributed by atoms with Gasteiger partial charge in [-0.1, -0.05) is 77.5 Å². The van der Waals surface area contributed by atoms with Crippen molar-refractivity contribution < 1.29 is 9.53 Å². The number of halogens is 1. The third-order valence-corrected chi connectivity index (χ3v) is 7.00. The lowest BCUT2D eigenvalue weighted by molar-refractivity contribution is -0.139. The number of ether oxygens (including phenoxy) is 1. The smallest absolute Gasteiger partial charge is 0.338 e. The highest BCUT2D eigenvalue weighted by atomic mass is 35.5. The highest BCUT2D eigenvalue weighted by Crippen LogP contribution is 2.34. The van der Waals surface area contributed by atoms with E-state index in [-0.39, 0.29) is 12.2 Å². The van der Waals surface area contributed by atoms with E-state index < -0.39 is 12.0 Å². The van der Waals surface area contributed by atoms with Gasteiger partial charge in [0.15, 0.2) is 4.80 Å².